The van der Waals surface area contributed by atoms with Crippen LogP contribution in [0.5, 0.6) is 5.75 Å². The Morgan fingerprint density at radius 3 is 2.94 bits per heavy atom. The molecule has 1 N–H and O–H groups in total. The molecule has 1 rings (SSSR count). The highest BCUT2D eigenvalue weighted by Gasteiger charge is 2.17. The van der Waals surface area contributed by atoms with E-state index in [9.17, 15) is 4.79 Å². The van der Waals surface area contributed by atoms with Crippen LogP contribution in [0, 0.1) is 0 Å². The van der Waals surface area contributed by atoms with Gasteiger partial charge in [0.2, 0.25) is 0 Å². The van der Waals surface area contributed by atoms with E-state index in [1.165, 1.54) is 18.4 Å². The third kappa shape index (κ3) is 3.37. The molecular weight excluding hydrogens is 250 g/mol. The van der Waals surface area contributed by atoms with E-state index in [1.807, 2.05) is 0 Å². The Balaban J connectivity index is 2.64. The Morgan fingerprint density at radius 2 is 2.38 bits per heavy atom. The first-order valence-corrected chi connectivity index (χ1v) is 6.11. The second-order valence-electron chi connectivity index (χ2n) is 3.10. The average molecular weight is 264 g/mol. The van der Waals surface area contributed by atoms with Gasteiger partial charge in [-0.2, -0.15) is 0 Å². The number of thiophene rings is 1. The molecule has 90 valence electrons. The minimum absolute atomic E-state index is 0.186. The minimum Gasteiger partial charge on any atom is -0.495 e. The number of methoxy groups -OCH3 is 2. The van der Waals surface area contributed by atoms with Crippen molar-refractivity contribution in [3.05, 3.63) is 16.3 Å². The van der Waals surface area contributed by atoms with E-state index < -0.39 is 0 Å². The number of amides is 1. The van der Waals surface area contributed by atoms with E-state index in [4.69, 9.17) is 21.1 Å². The highest BCUT2D eigenvalue weighted by molar-refractivity contribution is 7.12. The second kappa shape index (κ2) is 6.73. The van der Waals surface area contributed by atoms with Crippen LogP contribution in [0.2, 0.25) is 0 Å². The van der Waals surface area contributed by atoms with Gasteiger partial charge in [0.1, 0.15) is 10.6 Å². The van der Waals surface area contributed by atoms with Gasteiger partial charge in [-0.25, -0.2) is 0 Å². The Morgan fingerprint density at radius 1 is 1.62 bits per heavy atom. The number of carbonyl (C=O) groups is 1. The first-order valence-electron chi connectivity index (χ1n) is 4.70. The molecule has 0 spiro atoms. The number of alkyl halides is 1. The minimum atomic E-state index is -0.189. The zero-order valence-electron chi connectivity index (χ0n) is 9.16. The molecule has 16 heavy (non-hydrogen) atoms. The maximum absolute atomic E-state index is 11.8. The molecule has 0 aromatic carbocycles. The van der Waals surface area contributed by atoms with E-state index >= 15 is 0 Å². The number of carbonyl (C=O) groups excluding carboxylic acids is 1. The fourth-order valence-corrected chi connectivity index (χ4v) is 2.13. The number of rotatable bonds is 6. The molecule has 4 nitrogen and oxygen atoms in total. The Hall–Kier alpha value is -0.780. The van der Waals surface area contributed by atoms with Gasteiger partial charge in [-0.05, 0) is 11.4 Å². The summed E-state index contributed by atoms with van der Waals surface area (Å²) in [4.78, 5) is 12.4. The van der Waals surface area contributed by atoms with Crippen LogP contribution < -0.4 is 10.1 Å². The molecule has 1 amide bonds. The van der Waals surface area contributed by atoms with E-state index in [0.29, 0.717) is 23.1 Å². The molecule has 0 saturated heterocycles. The fraction of sp³-hybridized carbons (Fsp3) is 0.500. The molecule has 1 aromatic rings. The van der Waals surface area contributed by atoms with E-state index in [-0.39, 0.29) is 11.9 Å². The monoisotopic (exact) mass is 263 g/mol. The number of hydrogen-bond acceptors (Lipinski definition) is 4. The van der Waals surface area contributed by atoms with Gasteiger partial charge in [0.05, 0.1) is 19.8 Å². The molecule has 1 unspecified atom stereocenters. The third-order valence-corrected chi connectivity index (χ3v) is 3.21. The van der Waals surface area contributed by atoms with E-state index in [0.717, 1.165) is 0 Å². The lowest BCUT2D eigenvalue weighted by Gasteiger charge is -2.14. The van der Waals surface area contributed by atoms with Gasteiger partial charge in [-0.15, -0.1) is 22.9 Å². The van der Waals surface area contributed by atoms with Crippen LogP contribution in [0.1, 0.15) is 9.67 Å². The molecule has 0 aliphatic carbocycles. The Labute approximate surface area is 104 Å². The predicted octanol–water partition coefficient (Wildman–Crippen LogP) is 1.74. The smallest absolute Gasteiger partial charge is 0.265 e. The molecule has 1 aromatic heterocycles. The largest absolute Gasteiger partial charge is 0.495 e. The van der Waals surface area contributed by atoms with Gasteiger partial charge in [0, 0.05) is 13.0 Å². The molecular formula is C10H14ClNO3S. The van der Waals surface area contributed by atoms with Gasteiger partial charge < -0.3 is 14.8 Å². The number of ether oxygens (including phenoxy) is 2. The molecule has 6 heteroatoms. The summed E-state index contributed by atoms with van der Waals surface area (Å²) in [6.45, 7) is 0.392. The summed E-state index contributed by atoms with van der Waals surface area (Å²) < 4.78 is 10.0. The zero-order chi connectivity index (χ0) is 12.0. The highest BCUT2D eigenvalue weighted by atomic mass is 35.5. The zero-order valence-corrected chi connectivity index (χ0v) is 10.7. The maximum atomic E-state index is 11.8. The molecule has 0 fully saturated rings. The van der Waals surface area contributed by atoms with Crippen molar-refractivity contribution in [1.82, 2.24) is 5.32 Å². The highest BCUT2D eigenvalue weighted by Crippen LogP contribution is 2.24. The molecule has 0 aliphatic rings. The first-order chi connectivity index (χ1) is 7.72. The van der Waals surface area contributed by atoms with Crippen LogP contribution in [0.15, 0.2) is 11.4 Å². The van der Waals surface area contributed by atoms with Crippen LogP contribution >= 0.6 is 22.9 Å². The number of hydrogen-bond donors (Lipinski definition) is 1. The first kappa shape index (κ1) is 13.3. The van der Waals surface area contributed by atoms with Gasteiger partial charge in [-0.3, -0.25) is 4.79 Å². The van der Waals surface area contributed by atoms with Crippen molar-refractivity contribution in [3.8, 4) is 5.75 Å². The molecule has 0 bridgehead atoms. The quantitative estimate of drug-likeness (QED) is 0.796. The third-order valence-electron chi connectivity index (χ3n) is 1.94. The predicted molar refractivity (Wildman–Crippen MR) is 64.7 cm³/mol. The molecule has 0 aliphatic heterocycles. The van der Waals surface area contributed by atoms with Crippen LogP contribution in [0.4, 0.5) is 0 Å². The summed E-state index contributed by atoms with van der Waals surface area (Å²) in [6, 6.07) is 1.57. The number of halogens is 1. The van der Waals surface area contributed by atoms with Crippen molar-refractivity contribution < 1.29 is 14.3 Å². The topological polar surface area (TPSA) is 47.6 Å². The lowest BCUT2D eigenvalue weighted by atomic mass is 10.3. The van der Waals surface area contributed by atoms with Crippen LogP contribution in [-0.4, -0.2) is 38.7 Å². The second-order valence-corrected chi connectivity index (χ2v) is 4.32. The standard InChI is InChI=1S/C10H14ClNO3S/c1-14-6-7(5-11)12-10(13)9-8(15-2)3-4-16-9/h3-4,7H,5-6H2,1-2H3,(H,12,13). The maximum Gasteiger partial charge on any atom is 0.265 e. The molecule has 0 radical (unpaired) electrons. The molecule has 1 heterocycles. The summed E-state index contributed by atoms with van der Waals surface area (Å²) >= 11 is 7.03. The van der Waals surface area contributed by atoms with Crippen molar-refractivity contribution in [2.45, 2.75) is 6.04 Å². The van der Waals surface area contributed by atoms with Crippen molar-refractivity contribution >= 4 is 28.8 Å². The van der Waals surface area contributed by atoms with Gasteiger partial charge >= 0.3 is 0 Å². The van der Waals surface area contributed by atoms with Gasteiger partial charge in [0.15, 0.2) is 0 Å². The SMILES string of the molecule is COCC(CCl)NC(=O)c1sccc1OC. The lowest BCUT2D eigenvalue weighted by molar-refractivity contribution is 0.0908. The lowest BCUT2D eigenvalue weighted by Crippen LogP contribution is -2.39. The molecule has 1 atom stereocenters. The summed E-state index contributed by atoms with van der Waals surface area (Å²) in [5, 5.41) is 4.58. The van der Waals surface area contributed by atoms with Crippen LogP contribution in [0.3, 0.4) is 0 Å². The summed E-state index contributed by atoms with van der Waals surface area (Å²) in [5.41, 5.74) is 0. The Kier molecular flexibility index (Phi) is 5.59. The summed E-state index contributed by atoms with van der Waals surface area (Å²) in [5.74, 6) is 0.704. The molecule has 0 saturated carbocycles. The van der Waals surface area contributed by atoms with E-state index in [2.05, 4.69) is 5.32 Å². The normalized spacial score (nSPS) is 12.2. The number of nitrogens with one attached hydrogen (secondary N) is 1. The average Bonchev–Trinajstić information content (AvgIpc) is 2.76. The van der Waals surface area contributed by atoms with E-state index in [1.54, 1.807) is 18.6 Å². The van der Waals surface area contributed by atoms with Crippen molar-refractivity contribution in [3.63, 3.8) is 0 Å². The Bertz CT molecular complexity index is 343. The van der Waals surface area contributed by atoms with Crippen molar-refractivity contribution in [1.29, 1.82) is 0 Å². The van der Waals surface area contributed by atoms with Crippen LogP contribution in [0.25, 0.3) is 0 Å². The summed E-state index contributed by atoms with van der Waals surface area (Å²) in [7, 11) is 3.10. The summed E-state index contributed by atoms with van der Waals surface area (Å²) in [6.07, 6.45) is 0. The van der Waals surface area contributed by atoms with Crippen LogP contribution in [-0.2, 0) is 4.74 Å². The fourth-order valence-electron chi connectivity index (χ4n) is 1.20. The van der Waals surface area contributed by atoms with Crippen molar-refractivity contribution in [2.24, 2.45) is 0 Å². The van der Waals surface area contributed by atoms with Crippen molar-refractivity contribution in [2.75, 3.05) is 26.7 Å². The van der Waals surface area contributed by atoms with Gasteiger partial charge in [0.25, 0.3) is 5.91 Å². The van der Waals surface area contributed by atoms with Gasteiger partial charge in [-0.1, -0.05) is 0 Å².